The fraction of sp³-hybridized carbons (Fsp3) is 0.750. The van der Waals surface area contributed by atoms with Crippen molar-refractivity contribution in [2.45, 2.75) is 33.4 Å². The second-order valence-corrected chi connectivity index (χ2v) is 3.89. The molecule has 0 rings (SSSR count). The van der Waals surface area contributed by atoms with Crippen LogP contribution in [-0.4, -0.2) is 22.9 Å². The van der Waals surface area contributed by atoms with Crippen molar-refractivity contribution in [1.29, 1.82) is 0 Å². The molecule has 0 spiro atoms. The van der Waals surface area contributed by atoms with Gasteiger partial charge < -0.3 is 5.21 Å². The van der Waals surface area contributed by atoms with Gasteiger partial charge in [0, 0.05) is 5.41 Å². The zero-order chi connectivity index (χ0) is 11.6. The average Bonchev–Trinajstić information content (AvgIpc) is 1.95. The van der Waals surface area contributed by atoms with Crippen LogP contribution < -0.4 is 0 Å². The molecule has 0 amide bonds. The Labute approximate surface area is 79.6 Å². The fourth-order valence-electron chi connectivity index (χ4n) is 0.610. The fourth-order valence-corrected chi connectivity index (χ4v) is 0.610. The summed E-state index contributed by atoms with van der Waals surface area (Å²) in [6.07, 6.45) is -5.65. The molecule has 0 aromatic carbocycles. The molecule has 1 N–H and O–H groups in total. The van der Waals surface area contributed by atoms with Crippen molar-refractivity contribution in [2.24, 2.45) is 10.6 Å². The van der Waals surface area contributed by atoms with Gasteiger partial charge in [-0.3, -0.25) is 4.79 Å². The molecular weight excluding hydrogens is 199 g/mol. The Bertz CT molecular complexity index is 250. The summed E-state index contributed by atoms with van der Waals surface area (Å²) in [4.78, 5) is 11.2. The number of ketones is 1. The number of alkyl halides is 3. The minimum absolute atomic E-state index is 0.623. The van der Waals surface area contributed by atoms with Gasteiger partial charge in [-0.15, -0.1) is 0 Å². The standard InChI is InChI=1S/C8H12F3NO2/c1-7(2,3)6(13)4-5(12-14)8(9,10)11/h14H,4H2,1-3H3. The van der Waals surface area contributed by atoms with Crippen LogP contribution in [0.2, 0.25) is 0 Å². The van der Waals surface area contributed by atoms with Crippen molar-refractivity contribution in [1.82, 2.24) is 0 Å². The van der Waals surface area contributed by atoms with Crippen molar-refractivity contribution >= 4 is 11.5 Å². The molecule has 0 unspecified atom stereocenters. The van der Waals surface area contributed by atoms with Gasteiger partial charge in [-0.25, -0.2) is 0 Å². The largest absolute Gasteiger partial charge is 0.433 e. The number of rotatable bonds is 2. The zero-order valence-corrected chi connectivity index (χ0v) is 8.14. The van der Waals surface area contributed by atoms with E-state index in [0.717, 1.165) is 0 Å². The smallest absolute Gasteiger partial charge is 0.411 e. The van der Waals surface area contributed by atoms with Gasteiger partial charge in [0.1, 0.15) is 5.78 Å². The quantitative estimate of drug-likeness (QED) is 0.433. The molecule has 3 nitrogen and oxygen atoms in total. The molecule has 0 radical (unpaired) electrons. The van der Waals surface area contributed by atoms with Gasteiger partial charge in [-0.05, 0) is 0 Å². The first-order valence-electron chi connectivity index (χ1n) is 3.90. The predicted octanol–water partition coefficient (Wildman–Crippen LogP) is 2.38. The molecule has 0 aromatic rings. The van der Waals surface area contributed by atoms with E-state index in [4.69, 9.17) is 5.21 Å². The summed E-state index contributed by atoms with van der Waals surface area (Å²) < 4.78 is 36.1. The molecule has 0 aromatic heterocycles. The molecule has 82 valence electrons. The van der Waals surface area contributed by atoms with E-state index in [9.17, 15) is 18.0 Å². The van der Waals surface area contributed by atoms with Crippen molar-refractivity contribution < 1.29 is 23.2 Å². The number of nitrogens with zero attached hydrogens (tertiary/aromatic N) is 1. The van der Waals surface area contributed by atoms with Gasteiger partial charge in [0.15, 0.2) is 5.71 Å². The van der Waals surface area contributed by atoms with E-state index in [1.165, 1.54) is 20.8 Å². The van der Waals surface area contributed by atoms with E-state index >= 15 is 0 Å². The lowest BCUT2D eigenvalue weighted by molar-refractivity contribution is -0.126. The molecule has 0 atom stereocenters. The average molecular weight is 211 g/mol. The highest BCUT2D eigenvalue weighted by Crippen LogP contribution is 2.24. The van der Waals surface area contributed by atoms with Crippen LogP contribution in [0.5, 0.6) is 0 Å². The first kappa shape index (κ1) is 12.9. The monoisotopic (exact) mass is 211 g/mol. The van der Waals surface area contributed by atoms with E-state index < -0.39 is 29.5 Å². The molecule has 0 fully saturated rings. The second-order valence-electron chi connectivity index (χ2n) is 3.89. The van der Waals surface area contributed by atoms with Gasteiger partial charge >= 0.3 is 6.18 Å². The summed E-state index contributed by atoms with van der Waals surface area (Å²) in [6.45, 7) is 4.50. The Balaban J connectivity index is 4.61. The van der Waals surface area contributed by atoms with Crippen LogP contribution >= 0.6 is 0 Å². The molecule has 6 heteroatoms. The summed E-state index contributed by atoms with van der Waals surface area (Å²) >= 11 is 0. The van der Waals surface area contributed by atoms with Gasteiger partial charge in [0.25, 0.3) is 0 Å². The lowest BCUT2D eigenvalue weighted by atomic mass is 9.88. The molecule has 0 aliphatic carbocycles. The van der Waals surface area contributed by atoms with Gasteiger partial charge in [-0.2, -0.15) is 13.2 Å². The Hall–Kier alpha value is -1.07. The number of halogens is 3. The van der Waals surface area contributed by atoms with E-state index in [1.807, 2.05) is 0 Å². The minimum atomic E-state index is -4.75. The summed E-state index contributed by atoms with van der Waals surface area (Å²) in [6, 6.07) is 0. The lowest BCUT2D eigenvalue weighted by Gasteiger charge is -2.17. The highest BCUT2D eigenvalue weighted by Gasteiger charge is 2.39. The number of hydrogen-bond donors (Lipinski definition) is 1. The summed E-state index contributed by atoms with van der Waals surface area (Å²) in [5.41, 5.74) is -2.33. The molecule has 0 saturated heterocycles. The Morgan fingerprint density at radius 3 is 1.93 bits per heavy atom. The number of oxime groups is 1. The summed E-state index contributed by atoms with van der Waals surface area (Å²) in [7, 11) is 0. The molecule has 0 aliphatic rings. The van der Waals surface area contributed by atoms with Crippen molar-refractivity contribution in [3.05, 3.63) is 0 Å². The molecule has 14 heavy (non-hydrogen) atoms. The van der Waals surface area contributed by atoms with Crippen LogP contribution in [0.1, 0.15) is 27.2 Å². The summed E-state index contributed by atoms with van der Waals surface area (Å²) in [5, 5.41) is 10.2. The third-order valence-electron chi connectivity index (χ3n) is 1.61. The number of carbonyl (C=O) groups excluding carboxylic acids is 1. The number of Topliss-reactive ketones (excluding diaryl/α,β-unsaturated/α-hetero) is 1. The van der Waals surface area contributed by atoms with Crippen molar-refractivity contribution in [3.63, 3.8) is 0 Å². The van der Waals surface area contributed by atoms with Crippen LogP contribution in [0.15, 0.2) is 5.16 Å². The first-order chi connectivity index (χ1) is 6.09. The highest BCUT2D eigenvalue weighted by atomic mass is 19.4. The second kappa shape index (κ2) is 3.98. The van der Waals surface area contributed by atoms with E-state index in [2.05, 4.69) is 5.16 Å². The maximum Gasteiger partial charge on any atom is 0.433 e. The normalized spacial score (nSPS) is 14.3. The topological polar surface area (TPSA) is 49.7 Å². The summed E-state index contributed by atoms with van der Waals surface area (Å²) in [5.74, 6) is -0.623. The molecule has 0 saturated carbocycles. The van der Waals surface area contributed by atoms with Crippen LogP contribution in [0.3, 0.4) is 0 Å². The Morgan fingerprint density at radius 1 is 1.29 bits per heavy atom. The number of hydrogen-bond acceptors (Lipinski definition) is 3. The minimum Gasteiger partial charge on any atom is -0.411 e. The third kappa shape index (κ3) is 3.76. The van der Waals surface area contributed by atoms with E-state index in [1.54, 1.807) is 0 Å². The zero-order valence-electron chi connectivity index (χ0n) is 8.14. The van der Waals surface area contributed by atoms with Gasteiger partial charge in [-0.1, -0.05) is 25.9 Å². The number of carbonyl (C=O) groups is 1. The maximum absolute atomic E-state index is 12.0. The molecule has 0 heterocycles. The highest BCUT2D eigenvalue weighted by molar-refractivity contribution is 6.06. The van der Waals surface area contributed by atoms with Crippen LogP contribution in [-0.2, 0) is 4.79 Å². The van der Waals surface area contributed by atoms with Crippen molar-refractivity contribution in [2.75, 3.05) is 0 Å². The Morgan fingerprint density at radius 2 is 1.71 bits per heavy atom. The van der Waals surface area contributed by atoms with E-state index in [0.29, 0.717) is 0 Å². The molecule has 0 bridgehead atoms. The van der Waals surface area contributed by atoms with Crippen LogP contribution in [0.25, 0.3) is 0 Å². The molecular formula is C8H12F3NO2. The SMILES string of the molecule is CC(C)(C)C(=O)CC(=NO)C(F)(F)F. The lowest BCUT2D eigenvalue weighted by Crippen LogP contribution is -2.30. The van der Waals surface area contributed by atoms with Crippen LogP contribution in [0, 0.1) is 5.41 Å². The van der Waals surface area contributed by atoms with Gasteiger partial charge in [0.2, 0.25) is 0 Å². The van der Waals surface area contributed by atoms with Crippen LogP contribution in [0.4, 0.5) is 13.2 Å². The predicted molar refractivity (Wildman–Crippen MR) is 44.4 cm³/mol. The van der Waals surface area contributed by atoms with Gasteiger partial charge in [0.05, 0.1) is 6.42 Å². The molecule has 0 aliphatic heterocycles. The van der Waals surface area contributed by atoms with Crippen molar-refractivity contribution in [3.8, 4) is 0 Å². The first-order valence-corrected chi connectivity index (χ1v) is 3.90. The van der Waals surface area contributed by atoms with E-state index in [-0.39, 0.29) is 0 Å². The Kier molecular flexibility index (Phi) is 3.67. The third-order valence-corrected chi connectivity index (χ3v) is 1.61. The maximum atomic E-state index is 12.0.